The van der Waals surface area contributed by atoms with Gasteiger partial charge in [0.2, 0.25) is 0 Å². The molecule has 4 aromatic carbocycles. The first-order chi connectivity index (χ1) is 26.5. The Balaban J connectivity index is 1.26. The van der Waals surface area contributed by atoms with E-state index in [0.29, 0.717) is 73.4 Å². The minimum atomic E-state index is -0.966. The molecule has 0 spiro atoms. The highest BCUT2D eigenvalue weighted by Gasteiger charge is 2.55. The molecular weight excluding hydrogens is 700 g/mol. The van der Waals surface area contributed by atoms with E-state index in [1.54, 1.807) is 12.1 Å². The molecule has 0 N–H and O–H groups in total. The highest BCUT2D eigenvalue weighted by atomic mass is 16.8. The number of nitrogens with zero attached hydrogens (tertiary/aromatic N) is 2. The van der Waals surface area contributed by atoms with Crippen LogP contribution in [0, 0.1) is 0 Å². The summed E-state index contributed by atoms with van der Waals surface area (Å²) in [6.07, 6.45) is -0.252. The van der Waals surface area contributed by atoms with Crippen LogP contribution in [0.2, 0.25) is 0 Å². The molecule has 0 bridgehead atoms. The number of benzene rings is 4. The summed E-state index contributed by atoms with van der Waals surface area (Å²) < 4.78 is 37.3. The van der Waals surface area contributed by atoms with E-state index in [2.05, 4.69) is 0 Å². The van der Waals surface area contributed by atoms with E-state index in [1.165, 1.54) is 13.8 Å². The van der Waals surface area contributed by atoms with E-state index in [0.717, 1.165) is 22.3 Å². The molecule has 0 radical (unpaired) electrons. The summed E-state index contributed by atoms with van der Waals surface area (Å²) in [5, 5.41) is 0. The van der Waals surface area contributed by atoms with Gasteiger partial charge in [-0.15, -0.1) is 0 Å². The first-order valence-electron chi connectivity index (χ1n) is 18.9. The monoisotopic (exact) mass is 746 g/mol. The van der Waals surface area contributed by atoms with Gasteiger partial charge >= 0.3 is 6.03 Å². The molecule has 55 heavy (non-hydrogen) atoms. The van der Waals surface area contributed by atoms with Gasteiger partial charge in [-0.05, 0) is 99.2 Å². The molecule has 0 aliphatic carbocycles. The fourth-order valence-electron chi connectivity index (χ4n) is 8.12. The number of carbonyl (C=O) groups is 3. The van der Waals surface area contributed by atoms with Crippen LogP contribution in [0.15, 0.2) is 84.9 Å². The van der Waals surface area contributed by atoms with Crippen LogP contribution in [0.4, 0.5) is 4.79 Å². The molecule has 2 saturated heterocycles. The zero-order chi connectivity index (χ0) is 38.3. The third-order valence-electron chi connectivity index (χ3n) is 10.7. The second-order valence-electron chi connectivity index (χ2n) is 15.1. The molecule has 2 fully saturated rings. The lowest BCUT2D eigenvalue weighted by atomic mass is 9.90. The molecule has 0 unspecified atom stereocenters. The highest BCUT2D eigenvalue weighted by Crippen LogP contribution is 2.42. The zero-order valence-corrected chi connectivity index (χ0v) is 31.6. The second-order valence-corrected chi connectivity index (χ2v) is 15.1. The van der Waals surface area contributed by atoms with Crippen molar-refractivity contribution in [1.82, 2.24) is 9.80 Å². The van der Waals surface area contributed by atoms with Gasteiger partial charge in [0.15, 0.2) is 40.4 Å². The molecule has 4 aliphatic rings. The molecule has 286 valence electrons. The molecule has 11 nitrogen and oxygen atoms in total. The summed E-state index contributed by atoms with van der Waals surface area (Å²) in [5.74, 6) is 1.61. The number of carbonyl (C=O) groups excluding carboxylic acids is 3. The summed E-state index contributed by atoms with van der Waals surface area (Å²) in [6, 6.07) is 25.4. The summed E-state index contributed by atoms with van der Waals surface area (Å²) in [7, 11) is 0. The molecule has 4 atom stereocenters. The quantitative estimate of drug-likeness (QED) is 0.162. The fraction of sp³-hybridized carbons (Fsp3) is 0.386. The average Bonchev–Trinajstić information content (AvgIpc) is 3.48. The standard InChI is InChI=1S/C44H46N2O9/c1-27(47)33-9-5-7-31(19-33)25-45-35(21-29-11-13-37-39(23-29)52-17-15-50-37)41-42(55-44(3,4)54-41)36(22-30-12-14-38-40(24-30)53-18-16-51-38)46(43(45)49)26-32-8-6-10-34(20-32)28(2)48/h5-14,19-20,23-24,35-36,41-42H,15-18,21-22,25-26H2,1-4H3/t35-,36-,41+,42+/m1/s1. The van der Waals surface area contributed by atoms with Gasteiger partial charge in [-0.3, -0.25) is 9.59 Å². The maximum absolute atomic E-state index is 15.6. The number of amides is 2. The van der Waals surface area contributed by atoms with Crippen molar-refractivity contribution in [3.8, 4) is 23.0 Å². The Hall–Kier alpha value is -5.39. The number of urea groups is 1. The average molecular weight is 747 g/mol. The predicted octanol–water partition coefficient (Wildman–Crippen LogP) is 6.81. The minimum absolute atomic E-state index is 0.0577. The van der Waals surface area contributed by atoms with Crippen LogP contribution in [0.3, 0.4) is 0 Å². The first-order valence-corrected chi connectivity index (χ1v) is 18.9. The number of Topliss-reactive ketones (excluding diaryl/α,β-unsaturated/α-hetero) is 2. The molecule has 4 heterocycles. The third kappa shape index (κ3) is 7.77. The van der Waals surface area contributed by atoms with E-state index in [4.69, 9.17) is 28.4 Å². The Labute approximate surface area is 321 Å². The van der Waals surface area contributed by atoms with Crippen LogP contribution in [-0.2, 0) is 35.4 Å². The summed E-state index contributed by atoms with van der Waals surface area (Å²) in [4.78, 5) is 44.3. The summed E-state index contributed by atoms with van der Waals surface area (Å²) in [6.45, 7) is 9.19. The minimum Gasteiger partial charge on any atom is -0.486 e. The number of hydrogen-bond donors (Lipinski definition) is 0. The van der Waals surface area contributed by atoms with Gasteiger partial charge in [-0.25, -0.2) is 4.79 Å². The smallest absolute Gasteiger partial charge is 0.321 e. The number of ether oxygens (including phenoxy) is 6. The summed E-state index contributed by atoms with van der Waals surface area (Å²) in [5.41, 5.74) is 4.65. The van der Waals surface area contributed by atoms with E-state index >= 15 is 4.79 Å². The third-order valence-corrected chi connectivity index (χ3v) is 10.7. The molecular formula is C44H46N2O9. The number of ketones is 2. The maximum atomic E-state index is 15.6. The van der Waals surface area contributed by atoms with Crippen molar-refractivity contribution in [3.05, 3.63) is 118 Å². The maximum Gasteiger partial charge on any atom is 0.321 e. The Kier molecular flexibility index (Phi) is 10.00. The predicted molar refractivity (Wildman–Crippen MR) is 203 cm³/mol. The van der Waals surface area contributed by atoms with Crippen LogP contribution in [0.25, 0.3) is 0 Å². The van der Waals surface area contributed by atoms with Crippen molar-refractivity contribution in [3.63, 3.8) is 0 Å². The topological polar surface area (TPSA) is 113 Å². The van der Waals surface area contributed by atoms with E-state index in [-0.39, 0.29) is 30.7 Å². The van der Waals surface area contributed by atoms with Gasteiger partial charge in [-0.2, -0.15) is 0 Å². The van der Waals surface area contributed by atoms with E-state index in [9.17, 15) is 9.59 Å². The molecule has 4 aliphatic heterocycles. The van der Waals surface area contributed by atoms with Crippen molar-refractivity contribution in [2.24, 2.45) is 0 Å². The molecule has 11 heteroatoms. The second kappa shape index (κ2) is 15.0. The van der Waals surface area contributed by atoms with Crippen LogP contribution >= 0.6 is 0 Å². The Morgan fingerprint density at radius 1 is 0.582 bits per heavy atom. The summed E-state index contributed by atoms with van der Waals surface area (Å²) >= 11 is 0. The van der Waals surface area contributed by atoms with Gasteiger partial charge in [0.25, 0.3) is 0 Å². The fourth-order valence-corrected chi connectivity index (χ4v) is 8.12. The lowest BCUT2D eigenvalue weighted by molar-refractivity contribution is -0.157. The number of fused-ring (bicyclic) bond motifs is 3. The van der Waals surface area contributed by atoms with Crippen molar-refractivity contribution in [2.45, 2.75) is 83.7 Å². The van der Waals surface area contributed by atoms with Gasteiger partial charge < -0.3 is 38.2 Å². The zero-order valence-electron chi connectivity index (χ0n) is 31.6. The Morgan fingerprint density at radius 2 is 1.00 bits per heavy atom. The van der Waals surface area contributed by atoms with Gasteiger partial charge in [0.1, 0.15) is 38.6 Å². The van der Waals surface area contributed by atoms with Crippen molar-refractivity contribution < 1.29 is 42.8 Å². The van der Waals surface area contributed by atoms with Crippen molar-refractivity contribution in [1.29, 1.82) is 0 Å². The first kappa shape index (κ1) is 36.6. The van der Waals surface area contributed by atoms with Gasteiger partial charge in [0, 0.05) is 24.2 Å². The lowest BCUT2D eigenvalue weighted by Crippen LogP contribution is -2.51. The Morgan fingerprint density at radius 3 is 1.42 bits per heavy atom. The SMILES string of the molecule is CC(=O)c1cccc(CN2C(=O)N(Cc3cccc(C(C)=O)c3)[C@H](Cc3ccc4c(c3)OCCO4)[C@@H]3OC(C)(C)O[C@H]3[C@H]2Cc2ccc3c(c2)OCCO3)c1. The molecule has 0 saturated carbocycles. The normalized spacial score (nSPS) is 22.5. The number of hydrogen-bond acceptors (Lipinski definition) is 9. The Bertz CT molecular complexity index is 1970. The molecule has 2 amide bonds. The number of rotatable bonds is 10. The van der Waals surface area contributed by atoms with Crippen LogP contribution in [0.5, 0.6) is 23.0 Å². The van der Waals surface area contributed by atoms with Crippen molar-refractivity contribution >= 4 is 17.6 Å². The molecule has 8 rings (SSSR count). The van der Waals surface area contributed by atoms with Crippen LogP contribution in [-0.4, -0.2) is 83.9 Å². The van der Waals surface area contributed by atoms with Crippen molar-refractivity contribution in [2.75, 3.05) is 26.4 Å². The van der Waals surface area contributed by atoms with E-state index < -0.39 is 30.1 Å². The van der Waals surface area contributed by atoms with Crippen LogP contribution in [0.1, 0.15) is 70.7 Å². The lowest BCUT2D eigenvalue weighted by Gasteiger charge is -2.37. The highest BCUT2D eigenvalue weighted by molar-refractivity contribution is 5.94. The molecule has 0 aromatic heterocycles. The van der Waals surface area contributed by atoms with Crippen LogP contribution < -0.4 is 18.9 Å². The largest absolute Gasteiger partial charge is 0.486 e. The van der Waals surface area contributed by atoms with Gasteiger partial charge in [-0.1, -0.05) is 48.5 Å². The molecule has 4 aromatic rings. The van der Waals surface area contributed by atoms with Gasteiger partial charge in [0.05, 0.1) is 12.1 Å². The van der Waals surface area contributed by atoms with E-state index in [1.807, 2.05) is 96.4 Å².